The van der Waals surface area contributed by atoms with Gasteiger partial charge in [0.05, 0.1) is 19.0 Å². The molecule has 1 aliphatic heterocycles. The highest BCUT2D eigenvalue weighted by Gasteiger charge is 2.47. The van der Waals surface area contributed by atoms with Gasteiger partial charge >= 0.3 is 10.3 Å². The zero-order valence-corrected chi connectivity index (χ0v) is 17.6. The topological polar surface area (TPSA) is 181 Å². The number of hydrogen-bond acceptors (Lipinski definition) is 11. The third-order valence-electron chi connectivity index (χ3n) is 4.99. The van der Waals surface area contributed by atoms with Gasteiger partial charge in [0, 0.05) is 7.05 Å². The van der Waals surface area contributed by atoms with E-state index in [1.54, 1.807) is 0 Å². The van der Waals surface area contributed by atoms with Crippen LogP contribution in [0.2, 0.25) is 0 Å². The SMILES string of the molecule is CNS(=O)(=O)O[C@H]1O[C@@H](n2cnc3c(N[C@H](CO)c4ccccc4)ncnc32)[C@H](O)[C@@H]1O. The van der Waals surface area contributed by atoms with Crippen molar-refractivity contribution in [2.45, 2.75) is 30.8 Å². The summed E-state index contributed by atoms with van der Waals surface area (Å²) in [6, 6.07) is 8.81. The molecule has 5 N–H and O–H groups in total. The van der Waals surface area contributed by atoms with Gasteiger partial charge in [-0.2, -0.15) is 13.1 Å². The van der Waals surface area contributed by atoms with E-state index in [0.717, 1.165) is 12.6 Å². The van der Waals surface area contributed by atoms with Crippen molar-refractivity contribution in [1.82, 2.24) is 24.2 Å². The van der Waals surface area contributed by atoms with E-state index in [0.29, 0.717) is 11.3 Å². The first-order valence-corrected chi connectivity index (χ1v) is 11.0. The maximum atomic E-state index is 11.6. The smallest absolute Gasteiger partial charge is 0.338 e. The van der Waals surface area contributed by atoms with E-state index in [4.69, 9.17) is 8.92 Å². The summed E-state index contributed by atoms with van der Waals surface area (Å²) >= 11 is 0. The molecule has 1 saturated heterocycles. The van der Waals surface area contributed by atoms with Gasteiger partial charge in [-0.1, -0.05) is 30.3 Å². The molecule has 2 aromatic heterocycles. The number of anilines is 1. The third-order valence-corrected chi connectivity index (χ3v) is 5.94. The van der Waals surface area contributed by atoms with Gasteiger partial charge < -0.3 is 25.4 Å². The number of hydrogen-bond donors (Lipinski definition) is 5. The van der Waals surface area contributed by atoms with E-state index >= 15 is 0 Å². The van der Waals surface area contributed by atoms with E-state index in [9.17, 15) is 23.7 Å². The molecule has 1 fully saturated rings. The fourth-order valence-corrected chi connectivity index (χ4v) is 3.84. The van der Waals surface area contributed by atoms with E-state index in [1.165, 1.54) is 17.2 Å². The fraction of sp³-hybridized carbons (Fsp3) is 0.389. The van der Waals surface area contributed by atoms with Crippen molar-refractivity contribution in [1.29, 1.82) is 0 Å². The van der Waals surface area contributed by atoms with Crippen LogP contribution in [0.4, 0.5) is 5.82 Å². The zero-order chi connectivity index (χ0) is 22.9. The number of aliphatic hydroxyl groups excluding tert-OH is 3. The number of imidazole rings is 1. The standard InChI is InChI=1S/C18H22N6O7S/c1-19-32(28,29)31-18-14(27)13(26)17(30-18)24-9-22-12-15(20-8-21-16(12)24)23-11(7-25)10-5-3-2-4-6-10/h2-6,8-9,11,13-14,17-19,25-27H,7H2,1H3,(H,20,21,23)/t11-,13-,14+,17-,18-/m1/s1. The van der Waals surface area contributed by atoms with Crippen LogP contribution in [-0.2, 0) is 19.2 Å². The Morgan fingerprint density at radius 1 is 1.19 bits per heavy atom. The summed E-state index contributed by atoms with van der Waals surface area (Å²) in [6.45, 7) is -0.203. The molecule has 1 aromatic carbocycles. The molecule has 0 amide bonds. The van der Waals surface area contributed by atoms with Gasteiger partial charge in [-0.25, -0.2) is 19.1 Å². The minimum Gasteiger partial charge on any atom is -0.394 e. The molecule has 5 atom stereocenters. The lowest BCUT2D eigenvalue weighted by molar-refractivity contribution is -0.122. The molecule has 0 bridgehead atoms. The van der Waals surface area contributed by atoms with Gasteiger partial charge in [0.1, 0.15) is 18.5 Å². The van der Waals surface area contributed by atoms with E-state index < -0.39 is 41.1 Å². The van der Waals surface area contributed by atoms with Crippen LogP contribution in [-0.4, -0.2) is 75.4 Å². The van der Waals surface area contributed by atoms with Gasteiger partial charge in [0.15, 0.2) is 23.2 Å². The quantitative estimate of drug-likeness (QED) is 0.275. The number of benzene rings is 1. The number of fused-ring (bicyclic) bond motifs is 1. The van der Waals surface area contributed by atoms with Crippen LogP contribution in [0, 0.1) is 0 Å². The van der Waals surface area contributed by atoms with Crippen molar-refractivity contribution < 1.29 is 32.7 Å². The van der Waals surface area contributed by atoms with Gasteiger partial charge in [-0.3, -0.25) is 4.57 Å². The predicted molar refractivity (Wildman–Crippen MR) is 110 cm³/mol. The van der Waals surface area contributed by atoms with Gasteiger partial charge in [-0.05, 0) is 5.56 Å². The molecule has 3 aromatic rings. The summed E-state index contributed by atoms with van der Waals surface area (Å²) < 4.78 is 36.7. The minimum atomic E-state index is -4.17. The second-order valence-electron chi connectivity index (χ2n) is 6.97. The molecular formula is C18H22N6O7S. The number of nitrogens with one attached hydrogen (secondary N) is 2. The molecule has 0 aliphatic carbocycles. The van der Waals surface area contributed by atoms with Crippen molar-refractivity contribution in [3.63, 3.8) is 0 Å². The van der Waals surface area contributed by atoms with Crippen molar-refractivity contribution in [3.8, 4) is 0 Å². The van der Waals surface area contributed by atoms with Crippen LogP contribution in [0.1, 0.15) is 17.8 Å². The Morgan fingerprint density at radius 3 is 2.62 bits per heavy atom. The summed E-state index contributed by atoms with van der Waals surface area (Å²) in [4.78, 5) is 12.6. The summed E-state index contributed by atoms with van der Waals surface area (Å²) in [6.07, 6.45) is -3.45. The van der Waals surface area contributed by atoms with Gasteiger partial charge in [0.25, 0.3) is 0 Å². The molecule has 0 radical (unpaired) electrons. The molecular weight excluding hydrogens is 444 g/mol. The summed E-state index contributed by atoms with van der Waals surface area (Å²) in [5.74, 6) is 0.329. The Morgan fingerprint density at radius 2 is 1.94 bits per heavy atom. The average Bonchev–Trinajstić information content (AvgIpc) is 3.34. The minimum absolute atomic E-state index is 0.203. The first-order chi connectivity index (χ1) is 15.3. The van der Waals surface area contributed by atoms with Gasteiger partial charge in [-0.15, -0.1) is 0 Å². The normalized spacial score (nSPS) is 24.6. The Kier molecular flexibility index (Phi) is 6.34. The number of nitrogens with zero attached hydrogens (tertiary/aromatic N) is 4. The van der Waals surface area contributed by atoms with Crippen molar-refractivity contribution in [3.05, 3.63) is 48.5 Å². The lowest BCUT2D eigenvalue weighted by atomic mass is 10.1. The number of aliphatic hydroxyl groups is 3. The van der Waals surface area contributed by atoms with Crippen molar-refractivity contribution in [2.75, 3.05) is 19.0 Å². The van der Waals surface area contributed by atoms with Crippen LogP contribution in [0.25, 0.3) is 11.2 Å². The largest absolute Gasteiger partial charge is 0.394 e. The molecule has 4 rings (SSSR count). The molecule has 0 saturated carbocycles. The Balaban J connectivity index is 1.62. The Hall–Kier alpha value is -2.72. The van der Waals surface area contributed by atoms with Crippen molar-refractivity contribution in [2.24, 2.45) is 0 Å². The molecule has 32 heavy (non-hydrogen) atoms. The lowest BCUT2D eigenvalue weighted by Gasteiger charge is -2.18. The highest BCUT2D eigenvalue weighted by molar-refractivity contribution is 7.84. The lowest BCUT2D eigenvalue weighted by Crippen LogP contribution is -2.36. The zero-order valence-electron chi connectivity index (χ0n) is 16.8. The summed E-state index contributed by atoms with van der Waals surface area (Å²) in [5, 5.41) is 33.5. The van der Waals surface area contributed by atoms with Crippen LogP contribution in [0.15, 0.2) is 43.0 Å². The highest BCUT2D eigenvalue weighted by atomic mass is 32.2. The van der Waals surface area contributed by atoms with Crippen molar-refractivity contribution >= 4 is 27.3 Å². The number of ether oxygens (including phenoxy) is 1. The van der Waals surface area contributed by atoms with Gasteiger partial charge in [0.2, 0.25) is 6.29 Å². The monoisotopic (exact) mass is 466 g/mol. The van der Waals surface area contributed by atoms with Crippen LogP contribution >= 0.6 is 0 Å². The van der Waals surface area contributed by atoms with E-state index in [-0.39, 0.29) is 12.3 Å². The van der Waals surface area contributed by atoms with Crippen LogP contribution in [0.5, 0.6) is 0 Å². The average molecular weight is 466 g/mol. The molecule has 172 valence electrons. The van der Waals surface area contributed by atoms with Crippen LogP contribution in [0.3, 0.4) is 0 Å². The summed E-state index contributed by atoms with van der Waals surface area (Å²) in [7, 11) is -3.04. The number of rotatable bonds is 8. The maximum Gasteiger partial charge on any atom is 0.338 e. The summed E-state index contributed by atoms with van der Waals surface area (Å²) in [5.41, 5.74) is 1.41. The molecule has 1 aliphatic rings. The second kappa shape index (κ2) is 9.03. The second-order valence-corrected chi connectivity index (χ2v) is 8.48. The molecule has 13 nitrogen and oxygen atoms in total. The predicted octanol–water partition coefficient (Wildman–Crippen LogP) is -0.971. The third kappa shape index (κ3) is 4.29. The highest BCUT2D eigenvalue weighted by Crippen LogP contribution is 2.33. The first kappa shape index (κ1) is 22.5. The van der Waals surface area contributed by atoms with E-state index in [1.807, 2.05) is 35.1 Å². The Labute approximate surface area is 182 Å². The van der Waals surface area contributed by atoms with E-state index in [2.05, 4.69) is 20.3 Å². The first-order valence-electron chi connectivity index (χ1n) is 9.58. The molecule has 0 unspecified atom stereocenters. The molecule has 0 spiro atoms. The molecule has 14 heteroatoms. The Bertz CT molecular complexity index is 1180. The molecule has 3 heterocycles. The fourth-order valence-electron chi connectivity index (χ4n) is 3.34. The maximum absolute atomic E-state index is 11.6. The van der Waals surface area contributed by atoms with Crippen LogP contribution < -0.4 is 10.0 Å². The number of aromatic nitrogens is 4.